The molecule has 3 aromatic rings. The molecule has 1 heterocycles. The molecule has 0 spiro atoms. The van der Waals surface area contributed by atoms with Crippen LogP contribution < -0.4 is 20.9 Å². The van der Waals surface area contributed by atoms with Crippen LogP contribution in [0.25, 0.3) is 0 Å². The van der Waals surface area contributed by atoms with Crippen molar-refractivity contribution in [1.82, 2.24) is 14.8 Å². The molecule has 0 fully saturated rings. The molecule has 0 bridgehead atoms. The van der Waals surface area contributed by atoms with Crippen molar-refractivity contribution in [3.05, 3.63) is 52.5 Å². The summed E-state index contributed by atoms with van der Waals surface area (Å²) >= 11 is 6.37. The number of ether oxygens (including phenoxy) is 2. The van der Waals surface area contributed by atoms with Crippen LogP contribution in [0.3, 0.4) is 0 Å². The highest BCUT2D eigenvalue weighted by atomic mass is 35.5. The number of hydrogen-bond acceptors (Lipinski definition) is 6. The fraction of sp³-hybridized carbons (Fsp3) is 0.176. The summed E-state index contributed by atoms with van der Waals surface area (Å²) in [6, 6.07) is 11.1. The Morgan fingerprint density at radius 1 is 1.04 bits per heavy atom. The van der Waals surface area contributed by atoms with Crippen LogP contribution >= 0.6 is 11.6 Å². The average molecular weight is 360 g/mol. The number of hydrogen-bond donors (Lipinski definition) is 2. The van der Waals surface area contributed by atoms with Crippen LogP contribution in [0.5, 0.6) is 17.2 Å². The Labute approximate surface area is 150 Å². The molecule has 0 aliphatic heterocycles. The zero-order valence-electron chi connectivity index (χ0n) is 13.9. The van der Waals surface area contributed by atoms with Crippen molar-refractivity contribution < 1.29 is 9.47 Å². The summed E-state index contributed by atoms with van der Waals surface area (Å²) in [5.74, 6) is 2.20. The molecule has 130 valence electrons. The van der Waals surface area contributed by atoms with Crippen LogP contribution in [-0.4, -0.2) is 21.9 Å². The quantitative estimate of drug-likeness (QED) is 0.725. The van der Waals surface area contributed by atoms with E-state index in [0.29, 0.717) is 27.8 Å². The third-order valence-electron chi connectivity index (χ3n) is 3.74. The summed E-state index contributed by atoms with van der Waals surface area (Å²) in [4.78, 5) is 0. The molecule has 0 unspecified atom stereocenters. The van der Waals surface area contributed by atoms with Gasteiger partial charge in [-0.2, -0.15) is 0 Å². The Bertz CT molecular complexity index is 891. The zero-order valence-corrected chi connectivity index (χ0v) is 14.6. The van der Waals surface area contributed by atoms with E-state index in [1.54, 1.807) is 23.8 Å². The van der Waals surface area contributed by atoms with Crippen LogP contribution in [0.2, 0.25) is 5.02 Å². The predicted molar refractivity (Wildman–Crippen MR) is 97.2 cm³/mol. The van der Waals surface area contributed by atoms with Gasteiger partial charge in [-0.3, -0.25) is 4.57 Å². The maximum Gasteiger partial charge on any atom is 0.223 e. The lowest BCUT2D eigenvalue weighted by atomic mass is 10.2. The molecule has 0 atom stereocenters. The summed E-state index contributed by atoms with van der Waals surface area (Å²) in [7, 11) is 1.60. The predicted octanol–water partition coefficient (Wildman–Crippen LogP) is 3.25. The molecule has 0 saturated carbocycles. The van der Waals surface area contributed by atoms with Crippen molar-refractivity contribution in [2.45, 2.75) is 13.5 Å². The standard InChI is InChI=1S/C17H18ClN5O2/c1-10-6-7-14(15(8-10)24-2)25-13-5-3-4-12(18)11(13)9-23-16(19)21-22-17(23)20/h3-8H,9H2,1-2H3,(H2,19,21)(H2,20,22). The fourth-order valence-corrected chi connectivity index (χ4v) is 2.64. The number of anilines is 2. The van der Waals surface area contributed by atoms with E-state index in [0.717, 1.165) is 5.56 Å². The molecule has 0 amide bonds. The molecule has 4 N–H and O–H groups in total. The number of benzene rings is 2. The first-order valence-electron chi connectivity index (χ1n) is 7.53. The van der Waals surface area contributed by atoms with Gasteiger partial charge in [0.15, 0.2) is 11.5 Å². The molecular formula is C17H18ClN5O2. The fourth-order valence-electron chi connectivity index (χ4n) is 2.41. The Balaban J connectivity index is 1.99. The van der Waals surface area contributed by atoms with Crippen molar-refractivity contribution in [3.8, 4) is 17.2 Å². The Kier molecular flexibility index (Phi) is 4.67. The molecule has 0 aliphatic carbocycles. The second-order valence-corrected chi connectivity index (χ2v) is 5.88. The van der Waals surface area contributed by atoms with Gasteiger partial charge in [0.1, 0.15) is 5.75 Å². The average Bonchev–Trinajstić information content (AvgIpc) is 2.91. The monoisotopic (exact) mass is 359 g/mol. The van der Waals surface area contributed by atoms with Gasteiger partial charge < -0.3 is 20.9 Å². The Morgan fingerprint density at radius 3 is 2.44 bits per heavy atom. The van der Waals surface area contributed by atoms with E-state index < -0.39 is 0 Å². The van der Waals surface area contributed by atoms with Crippen LogP contribution in [-0.2, 0) is 6.54 Å². The normalized spacial score (nSPS) is 10.7. The van der Waals surface area contributed by atoms with Crippen LogP contribution in [0.1, 0.15) is 11.1 Å². The molecule has 3 rings (SSSR count). The summed E-state index contributed by atoms with van der Waals surface area (Å²) in [5, 5.41) is 8.03. The maximum atomic E-state index is 6.37. The van der Waals surface area contributed by atoms with Crippen molar-refractivity contribution in [1.29, 1.82) is 0 Å². The summed E-state index contributed by atoms with van der Waals surface area (Å²) in [5.41, 5.74) is 13.4. The summed E-state index contributed by atoms with van der Waals surface area (Å²) < 4.78 is 13.0. The molecular weight excluding hydrogens is 342 g/mol. The first kappa shape index (κ1) is 16.9. The topological polar surface area (TPSA) is 101 Å². The largest absolute Gasteiger partial charge is 0.493 e. The molecule has 0 radical (unpaired) electrons. The number of aryl methyl sites for hydroxylation is 1. The first-order valence-corrected chi connectivity index (χ1v) is 7.91. The minimum Gasteiger partial charge on any atom is -0.493 e. The highest BCUT2D eigenvalue weighted by Gasteiger charge is 2.15. The van der Waals surface area contributed by atoms with E-state index in [1.807, 2.05) is 31.2 Å². The SMILES string of the molecule is COc1cc(C)ccc1Oc1cccc(Cl)c1Cn1c(N)nnc1N. The minimum absolute atomic E-state index is 0.205. The molecule has 0 aliphatic rings. The van der Waals surface area contributed by atoms with E-state index >= 15 is 0 Å². The molecule has 7 nitrogen and oxygen atoms in total. The third-order valence-corrected chi connectivity index (χ3v) is 4.09. The third kappa shape index (κ3) is 3.46. The highest BCUT2D eigenvalue weighted by Crippen LogP contribution is 2.36. The van der Waals surface area contributed by atoms with Crippen molar-refractivity contribution in [3.63, 3.8) is 0 Å². The number of nitrogen functional groups attached to an aromatic ring is 2. The zero-order chi connectivity index (χ0) is 18.0. The highest BCUT2D eigenvalue weighted by molar-refractivity contribution is 6.31. The molecule has 0 saturated heterocycles. The van der Waals surface area contributed by atoms with Crippen LogP contribution in [0.4, 0.5) is 11.9 Å². The van der Waals surface area contributed by atoms with E-state index in [1.165, 1.54) is 0 Å². The van der Waals surface area contributed by atoms with Gasteiger partial charge in [0.05, 0.1) is 13.7 Å². The van der Waals surface area contributed by atoms with E-state index in [-0.39, 0.29) is 18.4 Å². The molecule has 8 heteroatoms. The number of aromatic nitrogens is 3. The van der Waals surface area contributed by atoms with Gasteiger partial charge in [0.25, 0.3) is 0 Å². The van der Waals surface area contributed by atoms with Gasteiger partial charge >= 0.3 is 0 Å². The number of methoxy groups -OCH3 is 1. The lowest BCUT2D eigenvalue weighted by Gasteiger charge is -2.16. The van der Waals surface area contributed by atoms with Gasteiger partial charge in [0.2, 0.25) is 11.9 Å². The van der Waals surface area contributed by atoms with Gasteiger partial charge in [-0.05, 0) is 36.8 Å². The minimum atomic E-state index is 0.205. The number of nitrogens with zero attached hydrogens (tertiary/aromatic N) is 3. The molecule has 25 heavy (non-hydrogen) atoms. The Hall–Kier alpha value is -2.93. The van der Waals surface area contributed by atoms with Gasteiger partial charge in [-0.25, -0.2) is 0 Å². The lowest BCUT2D eigenvalue weighted by Crippen LogP contribution is -2.09. The van der Waals surface area contributed by atoms with Gasteiger partial charge in [-0.15, -0.1) is 10.2 Å². The second-order valence-electron chi connectivity index (χ2n) is 5.48. The van der Waals surface area contributed by atoms with Crippen LogP contribution in [0.15, 0.2) is 36.4 Å². The van der Waals surface area contributed by atoms with E-state index in [4.69, 9.17) is 32.5 Å². The summed E-state index contributed by atoms with van der Waals surface area (Å²) in [6.07, 6.45) is 0. The molecule has 2 aromatic carbocycles. The summed E-state index contributed by atoms with van der Waals surface area (Å²) in [6.45, 7) is 2.27. The molecule has 1 aromatic heterocycles. The van der Waals surface area contributed by atoms with Crippen molar-refractivity contribution in [2.24, 2.45) is 0 Å². The number of rotatable bonds is 5. The van der Waals surface area contributed by atoms with Crippen LogP contribution in [0, 0.1) is 6.92 Å². The Morgan fingerprint density at radius 2 is 1.76 bits per heavy atom. The van der Waals surface area contributed by atoms with Gasteiger partial charge in [0, 0.05) is 10.6 Å². The maximum absolute atomic E-state index is 6.37. The number of halogens is 1. The van der Waals surface area contributed by atoms with Crippen molar-refractivity contribution >= 4 is 23.5 Å². The number of nitrogens with two attached hydrogens (primary N) is 2. The smallest absolute Gasteiger partial charge is 0.223 e. The van der Waals surface area contributed by atoms with Gasteiger partial charge in [-0.1, -0.05) is 23.7 Å². The lowest BCUT2D eigenvalue weighted by molar-refractivity contribution is 0.377. The second kappa shape index (κ2) is 6.90. The van der Waals surface area contributed by atoms with E-state index in [2.05, 4.69) is 10.2 Å². The van der Waals surface area contributed by atoms with E-state index in [9.17, 15) is 0 Å². The first-order chi connectivity index (χ1) is 12.0. The van der Waals surface area contributed by atoms with Crippen molar-refractivity contribution in [2.75, 3.05) is 18.6 Å².